The maximum atomic E-state index is 12.2. The number of ether oxygens (including phenoxy) is 2. The molecule has 1 fully saturated rings. The van der Waals surface area contributed by atoms with E-state index in [1.54, 1.807) is 18.2 Å². The Bertz CT molecular complexity index is 607. The average molecular weight is 400 g/mol. The van der Waals surface area contributed by atoms with Crippen molar-refractivity contribution in [3.8, 4) is 11.5 Å². The van der Waals surface area contributed by atoms with Crippen LogP contribution in [0.25, 0.3) is 0 Å². The summed E-state index contributed by atoms with van der Waals surface area (Å²) in [7, 11) is 0. The summed E-state index contributed by atoms with van der Waals surface area (Å²) in [5, 5.41) is 2.81. The van der Waals surface area contributed by atoms with E-state index in [0.29, 0.717) is 36.8 Å². The van der Waals surface area contributed by atoms with Gasteiger partial charge in [0.05, 0.1) is 6.61 Å². The van der Waals surface area contributed by atoms with Crippen molar-refractivity contribution in [1.82, 2.24) is 10.2 Å². The van der Waals surface area contributed by atoms with Gasteiger partial charge in [0.25, 0.3) is 11.8 Å². The predicted octanol–water partition coefficient (Wildman–Crippen LogP) is 1.98. The molecule has 0 radical (unpaired) electrons. The summed E-state index contributed by atoms with van der Waals surface area (Å²) in [5.74, 6) is 0.729. The van der Waals surface area contributed by atoms with E-state index in [0.717, 1.165) is 32.4 Å². The Morgan fingerprint density at radius 3 is 2.56 bits per heavy atom. The van der Waals surface area contributed by atoms with Crippen LogP contribution in [0.3, 0.4) is 0 Å². The third-order valence-corrected chi connectivity index (χ3v) is 4.23. The number of hydrogen-bond donors (Lipinski definition) is 2. The van der Waals surface area contributed by atoms with E-state index in [-0.39, 0.29) is 30.8 Å². The Hall–Kier alpha value is -1.99. The lowest BCUT2D eigenvalue weighted by Crippen LogP contribution is -2.38. The van der Waals surface area contributed by atoms with Gasteiger partial charge in [0.1, 0.15) is 0 Å². The van der Waals surface area contributed by atoms with Crippen molar-refractivity contribution in [2.45, 2.75) is 32.6 Å². The monoisotopic (exact) mass is 399 g/mol. The molecule has 0 unspecified atom stereocenters. The molecule has 0 saturated carbocycles. The fourth-order valence-electron chi connectivity index (χ4n) is 2.82. The molecule has 1 aliphatic rings. The molecule has 0 spiro atoms. The van der Waals surface area contributed by atoms with Crippen LogP contribution in [0.15, 0.2) is 18.2 Å². The number of nitrogens with zero attached hydrogens (tertiary/aromatic N) is 1. The second-order valence-corrected chi connectivity index (χ2v) is 6.22. The summed E-state index contributed by atoms with van der Waals surface area (Å²) >= 11 is 0. The first-order valence-corrected chi connectivity index (χ1v) is 9.31. The molecule has 0 aliphatic carbocycles. The van der Waals surface area contributed by atoms with Crippen molar-refractivity contribution in [3.63, 3.8) is 0 Å². The Morgan fingerprint density at radius 1 is 1.15 bits per heavy atom. The van der Waals surface area contributed by atoms with E-state index in [1.165, 1.54) is 6.42 Å². The van der Waals surface area contributed by atoms with Gasteiger partial charge in [0.15, 0.2) is 18.1 Å². The molecule has 7 nitrogen and oxygen atoms in total. The lowest BCUT2D eigenvalue weighted by molar-refractivity contribution is -0.134. The van der Waals surface area contributed by atoms with E-state index < -0.39 is 0 Å². The van der Waals surface area contributed by atoms with Gasteiger partial charge in [0, 0.05) is 25.2 Å². The SMILES string of the molecule is CCOc1cc(C(=O)NCCCN)ccc1OCC(=O)N1CCCCC1.Cl. The van der Waals surface area contributed by atoms with Crippen molar-refractivity contribution in [1.29, 1.82) is 0 Å². The number of benzene rings is 1. The largest absolute Gasteiger partial charge is 0.490 e. The molecule has 3 N–H and O–H groups in total. The Kier molecular flexibility index (Phi) is 10.6. The number of carbonyl (C=O) groups excluding carboxylic acids is 2. The summed E-state index contributed by atoms with van der Waals surface area (Å²) in [6, 6.07) is 4.98. The zero-order valence-electron chi connectivity index (χ0n) is 15.9. The number of halogens is 1. The van der Waals surface area contributed by atoms with Gasteiger partial charge < -0.3 is 25.4 Å². The standard InChI is InChI=1S/C19H29N3O4.ClH/c1-2-25-17-13-15(19(24)21-10-6-9-20)7-8-16(17)26-14-18(23)22-11-4-3-5-12-22;/h7-8,13H,2-6,9-12,14,20H2,1H3,(H,21,24);1H. The van der Waals surface area contributed by atoms with Gasteiger partial charge >= 0.3 is 0 Å². The molecular weight excluding hydrogens is 370 g/mol. The lowest BCUT2D eigenvalue weighted by Gasteiger charge is -2.26. The molecule has 0 atom stereocenters. The molecule has 1 saturated heterocycles. The zero-order valence-corrected chi connectivity index (χ0v) is 16.7. The van der Waals surface area contributed by atoms with Crippen molar-refractivity contribution >= 4 is 24.2 Å². The number of hydrogen-bond acceptors (Lipinski definition) is 5. The first-order chi connectivity index (χ1) is 12.7. The number of nitrogens with one attached hydrogen (secondary N) is 1. The maximum Gasteiger partial charge on any atom is 0.260 e. The highest BCUT2D eigenvalue weighted by molar-refractivity contribution is 5.94. The minimum atomic E-state index is -0.185. The quantitative estimate of drug-likeness (QED) is 0.619. The molecular formula is C19H30ClN3O4. The van der Waals surface area contributed by atoms with Gasteiger partial charge in [-0.3, -0.25) is 9.59 Å². The third-order valence-electron chi connectivity index (χ3n) is 4.23. The van der Waals surface area contributed by atoms with Crippen molar-refractivity contribution in [3.05, 3.63) is 23.8 Å². The van der Waals surface area contributed by atoms with E-state index in [4.69, 9.17) is 15.2 Å². The number of amides is 2. The van der Waals surface area contributed by atoms with Gasteiger partial charge in [-0.1, -0.05) is 0 Å². The molecule has 8 heteroatoms. The molecule has 27 heavy (non-hydrogen) atoms. The highest BCUT2D eigenvalue weighted by Crippen LogP contribution is 2.28. The minimum absolute atomic E-state index is 0. The van der Waals surface area contributed by atoms with Crippen LogP contribution in [0, 0.1) is 0 Å². The molecule has 1 heterocycles. The number of carbonyl (C=O) groups is 2. The van der Waals surface area contributed by atoms with Crippen LogP contribution in [-0.4, -0.2) is 56.1 Å². The van der Waals surface area contributed by atoms with Crippen LogP contribution >= 0.6 is 12.4 Å². The summed E-state index contributed by atoms with van der Waals surface area (Å²) in [5.41, 5.74) is 5.92. The fraction of sp³-hybridized carbons (Fsp3) is 0.579. The average Bonchev–Trinajstić information content (AvgIpc) is 2.67. The Balaban J connectivity index is 0.00000364. The molecule has 2 amide bonds. The molecule has 1 aromatic carbocycles. The topological polar surface area (TPSA) is 93.9 Å². The molecule has 0 bridgehead atoms. The van der Waals surface area contributed by atoms with Crippen LogP contribution < -0.4 is 20.5 Å². The van der Waals surface area contributed by atoms with Crippen molar-refractivity contribution in [2.24, 2.45) is 5.73 Å². The van der Waals surface area contributed by atoms with Crippen molar-refractivity contribution in [2.75, 3.05) is 39.4 Å². The van der Waals surface area contributed by atoms with Crippen LogP contribution in [-0.2, 0) is 4.79 Å². The van der Waals surface area contributed by atoms with Gasteiger partial charge in [-0.05, 0) is 57.4 Å². The molecule has 2 rings (SSSR count). The van der Waals surface area contributed by atoms with Gasteiger partial charge in [0.2, 0.25) is 0 Å². The van der Waals surface area contributed by atoms with Crippen LogP contribution in [0.2, 0.25) is 0 Å². The predicted molar refractivity (Wildman–Crippen MR) is 107 cm³/mol. The van der Waals surface area contributed by atoms with Crippen LogP contribution in [0.5, 0.6) is 11.5 Å². The minimum Gasteiger partial charge on any atom is -0.490 e. The fourth-order valence-corrected chi connectivity index (χ4v) is 2.82. The summed E-state index contributed by atoms with van der Waals surface area (Å²) in [6.07, 6.45) is 3.99. The van der Waals surface area contributed by atoms with E-state index in [9.17, 15) is 9.59 Å². The Morgan fingerprint density at radius 2 is 1.89 bits per heavy atom. The number of rotatable bonds is 9. The zero-order chi connectivity index (χ0) is 18.8. The number of likely N-dealkylation sites (tertiary alicyclic amines) is 1. The highest BCUT2D eigenvalue weighted by Gasteiger charge is 2.18. The first-order valence-electron chi connectivity index (χ1n) is 9.31. The smallest absolute Gasteiger partial charge is 0.260 e. The first kappa shape index (κ1) is 23.0. The van der Waals surface area contributed by atoms with E-state index >= 15 is 0 Å². The normalized spacial score (nSPS) is 13.5. The van der Waals surface area contributed by atoms with Gasteiger partial charge in [-0.25, -0.2) is 0 Å². The summed E-state index contributed by atoms with van der Waals surface area (Å²) < 4.78 is 11.3. The Labute approximate surface area is 167 Å². The molecule has 1 aromatic rings. The highest BCUT2D eigenvalue weighted by atomic mass is 35.5. The second-order valence-electron chi connectivity index (χ2n) is 6.22. The molecule has 0 aromatic heterocycles. The van der Waals surface area contributed by atoms with Gasteiger partial charge in [-0.2, -0.15) is 0 Å². The van der Waals surface area contributed by atoms with Crippen LogP contribution in [0.1, 0.15) is 43.0 Å². The van der Waals surface area contributed by atoms with Crippen molar-refractivity contribution < 1.29 is 19.1 Å². The molecule has 152 valence electrons. The van der Waals surface area contributed by atoms with E-state index in [2.05, 4.69) is 5.32 Å². The number of piperidine rings is 1. The van der Waals surface area contributed by atoms with Crippen LogP contribution in [0.4, 0.5) is 0 Å². The summed E-state index contributed by atoms with van der Waals surface area (Å²) in [4.78, 5) is 26.2. The van der Waals surface area contributed by atoms with Gasteiger partial charge in [-0.15, -0.1) is 12.4 Å². The maximum absolute atomic E-state index is 12.2. The third kappa shape index (κ3) is 7.27. The second kappa shape index (κ2) is 12.4. The summed E-state index contributed by atoms with van der Waals surface area (Å²) in [6.45, 7) is 4.92. The number of nitrogens with two attached hydrogens (primary N) is 1. The lowest BCUT2D eigenvalue weighted by atomic mass is 10.1. The van der Waals surface area contributed by atoms with E-state index in [1.807, 2.05) is 11.8 Å². The molecule has 1 aliphatic heterocycles.